The van der Waals surface area contributed by atoms with Gasteiger partial charge in [0.2, 0.25) is 0 Å². The van der Waals surface area contributed by atoms with E-state index in [1.165, 1.54) is 11.8 Å². The number of H-pyrrole nitrogens is 1. The lowest BCUT2D eigenvalue weighted by atomic mass is 10.1. The number of aromatic amines is 1. The Morgan fingerprint density at radius 1 is 0.976 bits per heavy atom. The molecule has 41 heavy (non-hydrogen) atoms. The molecule has 0 atom stereocenters. The second kappa shape index (κ2) is 11.3. The summed E-state index contributed by atoms with van der Waals surface area (Å²) >= 11 is 1.38. The maximum Gasteiger partial charge on any atom is 0.270 e. The van der Waals surface area contributed by atoms with Gasteiger partial charge in [-0.15, -0.1) is 0 Å². The second-order valence-electron chi connectivity index (χ2n) is 9.88. The van der Waals surface area contributed by atoms with E-state index in [-0.39, 0.29) is 11.8 Å². The number of carbonyl (C=O) groups excluding carboxylic acids is 2. The van der Waals surface area contributed by atoms with Crippen LogP contribution in [0.3, 0.4) is 0 Å². The fourth-order valence-corrected chi connectivity index (χ4v) is 5.99. The summed E-state index contributed by atoms with van der Waals surface area (Å²) in [5.74, 6) is -0.277. The third kappa shape index (κ3) is 5.47. The summed E-state index contributed by atoms with van der Waals surface area (Å²) in [4.78, 5) is 37.1. The summed E-state index contributed by atoms with van der Waals surface area (Å²) in [7, 11) is 0. The highest BCUT2D eigenvalue weighted by Crippen LogP contribution is 2.35. The number of hydrogen-bond donors (Lipinski definition) is 2. The van der Waals surface area contributed by atoms with E-state index in [0.717, 1.165) is 39.1 Å². The van der Waals surface area contributed by atoms with Crippen molar-refractivity contribution in [3.05, 3.63) is 130 Å². The minimum atomic E-state index is -0.196. The molecule has 3 heterocycles. The van der Waals surface area contributed by atoms with E-state index in [2.05, 4.69) is 22.5 Å². The maximum atomic E-state index is 13.8. The third-order valence-electron chi connectivity index (χ3n) is 7.15. The number of hydrogen-bond acceptors (Lipinski definition) is 4. The van der Waals surface area contributed by atoms with Crippen molar-refractivity contribution in [2.24, 2.45) is 4.99 Å². The van der Waals surface area contributed by atoms with Crippen LogP contribution in [0.5, 0.6) is 0 Å². The molecule has 2 N–H and O–H groups in total. The summed E-state index contributed by atoms with van der Waals surface area (Å²) in [6.45, 7) is 4.37. The van der Waals surface area contributed by atoms with Crippen LogP contribution in [0.2, 0.25) is 0 Å². The zero-order chi connectivity index (χ0) is 28.3. The van der Waals surface area contributed by atoms with Crippen molar-refractivity contribution in [3.63, 3.8) is 0 Å². The minimum absolute atomic E-state index is 0.0809. The Hall–Kier alpha value is -4.82. The number of aromatic nitrogens is 2. The number of nitrogens with zero attached hydrogens (tertiary/aromatic N) is 3. The molecule has 1 aliphatic heterocycles. The Labute approximate surface area is 242 Å². The van der Waals surface area contributed by atoms with Crippen molar-refractivity contribution in [2.75, 3.05) is 12.0 Å². The number of amidine groups is 1. The first kappa shape index (κ1) is 26.4. The Morgan fingerprint density at radius 2 is 1.68 bits per heavy atom. The maximum absolute atomic E-state index is 13.8. The number of nitrogens with one attached hydrogen (secondary N) is 2. The monoisotopic (exact) mass is 559 g/mol. The van der Waals surface area contributed by atoms with E-state index < -0.39 is 0 Å². The van der Waals surface area contributed by atoms with E-state index in [1.807, 2.05) is 92.9 Å². The molecular formula is C33H29N5O2S. The van der Waals surface area contributed by atoms with Gasteiger partial charge in [-0.3, -0.25) is 24.6 Å². The molecule has 204 valence electrons. The molecule has 8 heteroatoms. The molecule has 2 amide bonds. The molecule has 2 aromatic heterocycles. The van der Waals surface area contributed by atoms with Crippen LogP contribution in [-0.2, 0) is 11.2 Å². The van der Waals surface area contributed by atoms with Crippen molar-refractivity contribution in [2.45, 2.75) is 20.3 Å². The van der Waals surface area contributed by atoms with Gasteiger partial charge in [0, 0.05) is 40.6 Å². The van der Waals surface area contributed by atoms with Crippen molar-refractivity contribution >= 4 is 51.4 Å². The van der Waals surface area contributed by atoms with Crippen LogP contribution < -0.4 is 5.43 Å². The van der Waals surface area contributed by atoms with Crippen LogP contribution in [0.4, 0.5) is 5.69 Å². The normalized spacial score (nSPS) is 15.4. The van der Waals surface area contributed by atoms with Gasteiger partial charge in [-0.2, -0.15) is 0 Å². The Morgan fingerprint density at radius 3 is 2.46 bits per heavy atom. The fourth-order valence-electron chi connectivity index (χ4n) is 4.97. The molecule has 3 aromatic carbocycles. The SMILES string of the molecule is Cc1cc(C=C2SC(=Nc3ccccc3)N(CCc3c[nH]c4ccccc34)C2=O)c(C)n1NC(=O)c1ccccc1. The highest BCUT2D eigenvalue weighted by Gasteiger charge is 2.33. The highest BCUT2D eigenvalue weighted by molar-refractivity contribution is 8.18. The van der Waals surface area contributed by atoms with Crippen molar-refractivity contribution in [1.29, 1.82) is 0 Å². The molecular weight excluding hydrogens is 530 g/mol. The zero-order valence-electron chi connectivity index (χ0n) is 22.8. The average molecular weight is 560 g/mol. The Balaban J connectivity index is 1.28. The summed E-state index contributed by atoms with van der Waals surface area (Å²) in [5.41, 5.74) is 9.15. The van der Waals surface area contributed by atoms with Gasteiger partial charge in [0.25, 0.3) is 11.8 Å². The number of aryl methyl sites for hydroxylation is 1. The first-order valence-electron chi connectivity index (χ1n) is 13.4. The largest absolute Gasteiger partial charge is 0.361 e. The first-order valence-corrected chi connectivity index (χ1v) is 14.2. The van der Waals surface area contributed by atoms with Crippen molar-refractivity contribution in [1.82, 2.24) is 14.6 Å². The molecule has 0 bridgehead atoms. The quantitative estimate of drug-likeness (QED) is 0.215. The number of carbonyl (C=O) groups is 2. The summed E-state index contributed by atoms with van der Waals surface area (Å²) in [6.07, 6.45) is 4.60. The molecule has 0 spiro atoms. The number of amides is 2. The van der Waals surface area contributed by atoms with E-state index in [0.29, 0.717) is 28.6 Å². The molecule has 0 radical (unpaired) electrons. The van der Waals surface area contributed by atoms with Crippen LogP contribution in [-0.4, -0.2) is 38.1 Å². The lowest BCUT2D eigenvalue weighted by Gasteiger charge is -2.15. The van der Waals surface area contributed by atoms with Crippen molar-refractivity contribution in [3.8, 4) is 0 Å². The van der Waals surface area contributed by atoms with Crippen molar-refractivity contribution < 1.29 is 9.59 Å². The number of rotatable bonds is 7. The molecule has 7 nitrogen and oxygen atoms in total. The molecule has 0 unspecified atom stereocenters. The number of fused-ring (bicyclic) bond motifs is 1. The smallest absolute Gasteiger partial charge is 0.270 e. The molecule has 1 fully saturated rings. The summed E-state index contributed by atoms with van der Waals surface area (Å²) < 4.78 is 1.76. The molecule has 0 saturated carbocycles. The van der Waals surface area contributed by atoms with Gasteiger partial charge >= 0.3 is 0 Å². The van der Waals surface area contributed by atoms with Gasteiger partial charge in [-0.1, -0.05) is 54.6 Å². The lowest BCUT2D eigenvalue weighted by Crippen LogP contribution is -2.31. The van der Waals surface area contributed by atoms with Gasteiger partial charge in [0.05, 0.1) is 10.6 Å². The molecule has 6 rings (SSSR count). The number of para-hydroxylation sites is 2. The molecule has 1 aliphatic rings. The second-order valence-corrected chi connectivity index (χ2v) is 10.9. The molecule has 5 aromatic rings. The summed E-state index contributed by atoms with van der Waals surface area (Å²) in [6, 6.07) is 28.9. The van der Waals surface area contributed by atoms with Crippen LogP contribution in [0.15, 0.2) is 107 Å². The number of aliphatic imine (C=N–C) groups is 1. The van der Waals surface area contributed by atoms with Crippen LogP contribution >= 0.6 is 11.8 Å². The zero-order valence-corrected chi connectivity index (χ0v) is 23.6. The van der Waals surface area contributed by atoms with E-state index in [4.69, 9.17) is 4.99 Å². The number of thioether (sulfide) groups is 1. The third-order valence-corrected chi connectivity index (χ3v) is 8.16. The summed E-state index contributed by atoms with van der Waals surface area (Å²) in [5, 5.41) is 1.81. The molecule has 1 saturated heterocycles. The van der Waals surface area contributed by atoms with Gasteiger partial charge in [-0.05, 0) is 85.6 Å². The van der Waals surface area contributed by atoms with Crippen LogP contribution in [0, 0.1) is 13.8 Å². The van der Waals surface area contributed by atoms with E-state index in [9.17, 15) is 9.59 Å². The Kier molecular flexibility index (Phi) is 7.31. The van der Waals surface area contributed by atoms with Gasteiger partial charge in [-0.25, -0.2) is 4.99 Å². The lowest BCUT2D eigenvalue weighted by molar-refractivity contribution is -0.122. The number of benzene rings is 3. The van der Waals surface area contributed by atoms with Gasteiger partial charge in [0.1, 0.15) is 0 Å². The Bertz CT molecular complexity index is 1800. The van der Waals surface area contributed by atoms with E-state index >= 15 is 0 Å². The van der Waals surface area contributed by atoms with Gasteiger partial charge < -0.3 is 4.98 Å². The van der Waals surface area contributed by atoms with E-state index in [1.54, 1.807) is 21.7 Å². The minimum Gasteiger partial charge on any atom is -0.361 e. The predicted molar refractivity (Wildman–Crippen MR) is 167 cm³/mol. The van der Waals surface area contributed by atoms with Crippen LogP contribution in [0.1, 0.15) is 32.9 Å². The molecule has 0 aliphatic carbocycles. The predicted octanol–water partition coefficient (Wildman–Crippen LogP) is 6.82. The standard InChI is InChI=1S/C33H29N5O2S/c1-22-19-26(23(2)38(22)36-31(39)24-11-5-3-6-12-24)20-30-32(40)37(33(41-30)35-27-13-7-4-8-14-27)18-17-25-21-34-29-16-10-9-15-28(25)29/h3-16,19-21,34H,17-18H2,1-2H3,(H,36,39). The fraction of sp³-hybridized carbons (Fsp3) is 0.121. The first-order chi connectivity index (χ1) is 20.0. The highest BCUT2D eigenvalue weighted by atomic mass is 32.2. The van der Waals surface area contributed by atoms with Gasteiger partial charge in [0.15, 0.2) is 5.17 Å². The topological polar surface area (TPSA) is 82.5 Å². The average Bonchev–Trinajstić information content (AvgIpc) is 3.62. The van der Waals surface area contributed by atoms with Crippen LogP contribution in [0.25, 0.3) is 17.0 Å².